The Bertz CT molecular complexity index is 344. The molecule has 1 N–H and O–H groups in total. The Morgan fingerprint density at radius 3 is 2.71 bits per heavy atom. The zero-order valence-electron chi connectivity index (χ0n) is 10.6. The number of nitrogens with zero attached hydrogens (tertiary/aromatic N) is 1. The highest BCUT2D eigenvalue weighted by molar-refractivity contribution is 5.23. The highest BCUT2D eigenvalue weighted by Crippen LogP contribution is 2.18. The molecule has 1 aromatic carbocycles. The molecular formula is C14H21NO2. The van der Waals surface area contributed by atoms with Crippen LogP contribution in [0.5, 0.6) is 0 Å². The second-order valence-electron chi connectivity index (χ2n) is 4.88. The SMILES string of the molecule is Cc1ccc(C(O)CN(C)C2CCOC2)cc1. The number of aliphatic hydroxyl groups is 1. The van der Waals surface area contributed by atoms with Gasteiger partial charge in [-0.15, -0.1) is 0 Å². The van der Waals surface area contributed by atoms with Gasteiger partial charge in [0.05, 0.1) is 12.7 Å². The molecule has 1 aliphatic heterocycles. The summed E-state index contributed by atoms with van der Waals surface area (Å²) in [6.45, 7) is 4.35. The van der Waals surface area contributed by atoms with Crippen molar-refractivity contribution in [3.05, 3.63) is 35.4 Å². The van der Waals surface area contributed by atoms with Crippen molar-refractivity contribution in [3.8, 4) is 0 Å². The third-order valence-electron chi connectivity index (χ3n) is 3.45. The minimum absolute atomic E-state index is 0.416. The standard InChI is InChI=1S/C14H21NO2/c1-11-3-5-12(6-4-11)14(16)9-15(2)13-7-8-17-10-13/h3-6,13-14,16H,7-10H2,1-2H3. The Kier molecular flexibility index (Phi) is 4.15. The molecule has 94 valence electrons. The molecule has 0 saturated carbocycles. The van der Waals surface area contributed by atoms with Crippen molar-refractivity contribution in [2.45, 2.75) is 25.5 Å². The highest BCUT2D eigenvalue weighted by Gasteiger charge is 2.22. The lowest BCUT2D eigenvalue weighted by molar-refractivity contribution is 0.0950. The summed E-state index contributed by atoms with van der Waals surface area (Å²) in [5, 5.41) is 10.2. The molecule has 1 fully saturated rings. The predicted octanol–water partition coefficient (Wildman–Crippen LogP) is 1.75. The van der Waals surface area contributed by atoms with E-state index in [0.717, 1.165) is 25.2 Å². The Balaban J connectivity index is 1.91. The van der Waals surface area contributed by atoms with E-state index in [-0.39, 0.29) is 0 Å². The first-order valence-electron chi connectivity index (χ1n) is 6.19. The van der Waals surface area contributed by atoms with Gasteiger partial charge in [0, 0.05) is 19.2 Å². The van der Waals surface area contributed by atoms with Crippen LogP contribution < -0.4 is 0 Å². The van der Waals surface area contributed by atoms with Crippen LogP contribution in [0, 0.1) is 6.92 Å². The van der Waals surface area contributed by atoms with E-state index in [4.69, 9.17) is 4.74 Å². The third-order valence-corrected chi connectivity index (χ3v) is 3.45. The van der Waals surface area contributed by atoms with Gasteiger partial charge in [0.1, 0.15) is 0 Å². The molecule has 1 saturated heterocycles. The summed E-state index contributed by atoms with van der Waals surface area (Å²) in [5.41, 5.74) is 2.21. The van der Waals surface area contributed by atoms with Crippen LogP contribution in [-0.2, 0) is 4.74 Å². The van der Waals surface area contributed by atoms with Crippen molar-refractivity contribution >= 4 is 0 Å². The average Bonchev–Trinajstić information content (AvgIpc) is 2.83. The third kappa shape index (κ3) is 3.28. The van der Waals surface area contributed by atoms with Crippen LogP contribution in [0.15, 0.2) is 24.3 Å². The van der Waals surface area contributed by atoms with Crippen molar-refractivity contribution in [3.63, 3.8) is 0 Å². The number of aryl methyl sites for hydroxylation is 1. The van der Waals surface area contributed by atoms with E-state index >= 15 is 0 Å². The lowest BCUT2D eigenvalue weighted by atomic mass is 10.1. The molecule has 2 unspecified atom stereocenters. The molecule has 0 aliphatic carbocycles. The van der Waals surface area contributed by atoms with Crippen LogP contribution in [0.1, 0.15) is 23.7 Å². The Morgan fingerprint density at radius 1 is 1.41 bits per heavy atom. The summed E-state index contributed by atoms with van der Waals surface area (Å²) < 4.78 is 5.36. The molecule has 1 aromatic rings. The largest absolute Gasteiger partial charge is 0.387 e. The van der Waals surface area contributed by atoms with E-state index in [1.54, 1.807) is 0 Å². The first-order valence-corrected chi connectivity index (χ1v) is 6.19. The maximum atomic E-state index is 10.2. The lowest BCUT2D eigenvalue weighted by Gasteiger charge is -2.25. The minimum atomic E-state index is -0.416. The van der Waals surface area contributed by atoms with Gasteiger partial charge in [-0.3, -0.25) is 4.90 Å². The van der Waals surface area contributed by atoms with Gasteiger partial charge in [-0.1, -0.05) is 29.8 Å². The van der Waals surface area contributed by atoms with E-state index < -0.39 is 6.10 Å². The zero-order valence-corrected chi connectivity index (χ0v) is 10.6. The molecule has 2 rings (SSSR count). The molecule has 0 amide bonds. The van der Waals surface area contributed by atoms with Crippen LogP contribution >= 0.6 is 0 Å². The van der Waals surface area contributed by atoms with Gasteiger partial charge in [0.15, 0.2) is 0 Å². The van der Waals surface area contributed by atoms with Gasteiger partial charge < -0.3 is 9.84 Å². The van der Waals surface area contributed by atoms with E-state index in [1.165, 1.54) is 5.56 Å². The summed E-state index contributed by atoms with van der Waals surface area (Å²) in [6, 6.07) is 8.53. The first-order chi connectivity index (χ1) is 8.16. The van der Waals surface area contributed by atoms with Gasteiger partial charge in [-0.05, 0) is 26.0 Å². The monoisotopic (exact) mass is 235 g/mol. The van der Waals surface area contributed by atoms with Crippen molar-refractivity contribution < 1.29 is 9.84 Å². The van der Waals surface area contributed by atoms with Gasteiger partial charge in [-0.25, -0.2) is 0 Å². The second-order valence-corrected chi connectivity index (χ2v) is 4.88. The Hall–Kier alpha value is -0.900. The normalized spacial score (nSPS) is 22.0. The van der Waals surface area contributed by atoms with Crippen molar-refractivity contribution in [1.82, 2.24) is 4.90 Å². The van der Waals surface area contributed by atoms with Crippen LogP contribution in [0.4, 0.5) is 0 Å². The predicted molar refractivity (Wildman–Crippen MR) is 68.0 cm³/mol. The summed E-state index contributed by atoms with van der Waals surface area (Å²) in [4.78, 5) is 2.19. The van der Waals surface area contributed by atoms with Gasteiger partial charge in [-0.2, -0.15) is 0 Å². The molecule has 17 heavy (non-hydrogen) atoms. The van der Waals surface area contributed by atoms with Gasteiger partial charge in [0.2, 0.25) is 0 Å². The van der Waals surface area contributed by atoms with Crippen LogP contribution in [0.25, 0.3) is 0 Å². The molecule has 0 spiro atoms. The molecule has 0 radical (unpaired) electrons. The van der Waals surface area contributed by atoms with E-state index in [2.05, 4.69) is 18.9 Å². The number of likely N-dealkylation sites (N-methyl/N-ethyl adjacent to an activating group) is 1. The Morgan fingerprint density at radius 2 is 2.12 bits per heavy atom. The molecule has 1 heterocycles. The van der Waals surface area contributed by atoms with Crippen LogP contribution in [-0.4, -0.2) is 42.9 Å². The van der Waals surface area contributed by atoms with Crippen LogP contribution in [0.2, 0.25) is 0 Å². The molecule has 3 nitrogen and oxygen atoms in total. The molecule has 1 aliphatic rings. The number of benzene rings is 1. The van der Waals surface area contributed by atoms with E-state index in [1.807, 2.05) is 24.3 Å². The van der Waals surface area contributed by atoms with E-state index in [0.29, 0.717) is 12.6 Å². The quantitative estimate of drug-likeness (QED) is 0.863. The highest BCUT2D eigenvalue weighted by atomic mass is 16.5. The van der Waals surface area contributed by atoms with Crippen molar-refractivity contribution in [2.24, 2.45) is 0 Å². The molecular weight excluding hydrogens is 214 g/mol. The fraction of sp³-hybridized carbons (Fsp3) is 0.571. The molecule has 3 heteroatoms. The minimum Gasteiger partial charge on any atom is -0.387 e. The van der Waals surface area contributed by atoms with Gasteiger partial charge in [0.25, 0.3) is 0 Å². The Labute approximate surface area is 103 Å². The second kappa shape index (κ2) is 5.63. The molecule has 0 aromatic heterocycles. The van der Waals surface area contributed by atoms with Gasteiger partial charge >= 0.3 is 0 Å². The average molecular weight is 235 g/mol. The van der Waals surface area contributed by atoms with Crippen LogP contribution in [0.3, 0.4) is 0 Å². The van der Waals surface area contributed by atoms with E-state index in [9.17, 15) is 5.11 Å². The zero-order chi connectivity index (χ0) is 12.3. The maximum Gasteiger partial charge on any atom is 0.0916 e. The fourth-order valence-corrected chi connectivity index (χ4v) is 2.19. The topological polar surface area (TPSA) is 32.7 Å². The lowest BCUT2D eigenvalue weighted by Crippen LogP contribution is -2.35. The number of aliphatic hydroxyl groups excluding tert-OH is 1. The summed E-state index contributed by atoms with van der Waals surface area (Å²) >= 11 is 0. The maximum absolute atomic E-state index is 10.2. The summed E-state index contributed by atoms with van der Waals surface area (Å²) in [6.07, 6.45) is 0.651. The number of ether oxygens (including phenoxy) is 1. The fourth-order valence-electron chi connectivity index (χ4n) is 2.19. The summed E-state index contributed by atoms with van der Waals surface area (Å²) in [5.74, 6) is 0. The number of rotatable bonds is 4. The molecule has 0 bridgehead atoms. The van der Waals surface area contributed by atoms with Crippen molar-refractivity contribution in [1.29, 1.82) is 0 Å². The first kappa shape index (κ1) is 12.6. The number of hydrogen-bond acceptors (Lipinski definition) is 3. The van der Waals surface area contributed by atoms with Crippen molar-refractivity contribution in [2.75, 3.05) is 26.8 Å². The summed E-state index contributed by atoms with van der Waals surface area (Å²) in [7, 11) is 2.05. The smallest absolute Gasteiger partial charge is 0.0916 e. The number of hydrogen-bond donors (Lipinski definition) is 1. The molecule has 2 atom stereocenters.